The van der Waals surface area contributed by atoms with Gasteiger partial charge in [-0.15, -0.1) is 0 Å². The van der Waals surface area contributed by atoms with Crippen LogP contribution in [0.4, 0.5) is 5.82 Å². The molecule has 0 aromatic carbocycles. The van der Waals surface area contributed by atoms with Gasteiger partial charge in [-0.25, -0.2) is 0 Å². The summed E-state index contributed by atoms with van der Waals surface area (Å²) in [4.78, 5) is 2.40. The Morgan fingerprint density at radius 2 is 2.16 bits per heavy atom. The van der Waals surface area contributed by atoms with E-state index in [0.717, 1.165) is 25.3 Å². The van der Waals surface area contributed by atoms with E-state index in [2.05, 4.69) is 43.0 Å². The summed E-state index contributed by atoms with van der Waals surface area (Å²) in [5, 5.41) is 7.81. The molecule has 1 aromatic heterocycles. The predicted octanol–water partition coefficient (Wildman–Crippen LogP) is 1.45. The summed E-state index contributed by atoms with van der Waals surface area (Å²) in [6, 6.07) is 0. The molecule has 0 aliphatic carbocycles. The summed E-state index contributed by atoms with van der Waals surface area (Å²) in [6.45, 7) is 11.2. The Kier molecular flexibility index (Phi) is 3.87. The molecule has 1 unspecified atom stereocenters. The van der Waals surface area contributed by atoms with Crippen LogP contribution >= 0.6 is 0 Å². The summed E-state index contributed by atoms with van der Waals surface area (Å²) >= 11 is 0. The van der Waals surface area contributed by atoms with Gasteiger partial charge in [-0.2, -0.15) is 5.10 Å². The Morgan fingerprint density at radius 1 is 1.47 bits per heavy atom. The van der Waals surface area contributed by atoms with Crippen molar-refractivity contribution in [2.24, 2.45) is 7.05 Å². The van der Waals surface area contributed by atoms with Gasteiger partial charge in [0.2, 0.25) is 0 Å². The highest BCUT2D eigenvalue weighted by Gasteiger charge is 2.33. The van der Waals surface area contributed by atoms with Crippen LogP contribution in [0.5, 0.6) is 0 Å². The summed E-state index contributed by atoms with van der Waals surface area (Å²) in [7, 11) is 4.00. The number of hydrogen-bond acceptors (Lipinski definition) is 4. The van der Waals surface area contributed by atoms with Gasteiger partial charge in [0.1, 0.15) is 5.82 Å². The van der Waals surface area contributed by atoms with Gasteiger partial charge < -0.3 is 15.0 Å². The topological polar surface area (TPSA) is 42.3 Å². The van der Waals surface area contributed by atoms with Crippen LogP contribution < -0.4 is 10.2 Å². The summed E-state index contributed by atoms with van der Waals surface area (Å²) in [5.74, 6) is 1.22. The van der Waals surface area contributed by atoms with Gasteiger partial charge in [0, 0.05) is 32.2 Å². The minimum atomic E-state index is -0.118. The van der Waals surface area contributed by atoms with Gasteiger partial charge in [-0.1, -0.05) is 0 Å². The number of morpholine rings is 1. The van der Waals surface area contributed by atoms with E-state index in [4.69, 9.17) is 4.74 Å². The van der Waals surface area contributed by atoms with Crippen molar-refractivity contribution in [3.8, 4) is 0 Å². The van der Waals surface area contributed by atoms with Crippen molar-refractivity contribution in [2.45, 2.75) is 45.9 Å². The SMILES string of the molecule is CNCc1c(C)nn(C)c1N1CC(C)OC(C)(C)C1. The Bertz CT molecular complexity index is 453. The zero-order valence-electron chi connectivity index (χ0n) is 12.9. The standard InChI is InChI=1S/C14H26N4O/c1-10-8-18(9-14(3,4)19-10)13-12(7-15-5)11(2)16-17(13)6/h10,15H,7-9H2,1-6H3. The second kappa shape index (κ2) is 5.13. The Hall–Kier alpha value is -1.07. The van der Waals surface area contributed by atoms with Crippen LogP contribution in [0.2, 0.25) is 0 Å². The van der Waals surface area contributed by atoms with Crippen LogP contribution in [-0.4, -0.2) is 41.6 Å². The normalized spacial score (nSPS) is 22.8. The first-order valence-electron chi connectivity index (χ1n) is 6.94. The van der Waals surface area contributed by atoms with E-state index < -0.39 is 0 Å². The minimum Gasteiger partial charge on any atom is -0.369 e. The van der Waals surface area contributed by atoms with Gasteiger partial charge >= 0.3 is 0 Å². The van der Waals surface area contributed by atoms with Crippen molar-refractivity contribution in [3.05, 3.63) is 11.3 Å². The van der Waals surface area contributed by atoms with Gasteiger partial charge in [0.05, 0.1) is 17.4 Å². The molecule has 0 saturated carbocycles. The summed E-state index contributed by atoms with van der Waals surface area (Å²) < 4.78 is 7.98. The van der Waals surface area contributed by atoms with Crippen LogP contribution in [0, 0.1) is 6.92 Å². The summed E-state index contributed by atoms with van der Waals surface area (Å²) in [5.41, 5.74) is 2.27. The third-order valence-corrected chi connectivity index (χ3v) is 3.54. The zero-order chi connectivity index (χ0) is 14.2. The monoisotopic (exact) mass is 266 g/mol. The lowest BCUT2D eigenvalue weighted by atomic mass is 10.0. The number of anilines is 1. The molecule has 1 N–H and O–H groups in total. The highest BCUT2D eigenvalue weighted by molar-refractivity contribution is 5.51. The maximum atomic E-state index is 5.98. The van der Waals surface area contributed by atoms with Crippen molar-refractivity contribution in [1.29, 1.82) is 0 Å². The predicted molar refractivity (Wildman–Crippen MR) is 77.5 cm³/mol. The van der Waals surface area contributed by atoms with Crippen molar-refractivity contribution in [2.75, 3.05) is 25.0 Å². The minimum absolute atomic E-state index is 0.118. The number of nitrogens with zero attached hydrogens (tertiary/aromatic N) is 3. The first-order valence-corrected chi connectivity index (χ1v) is 6.94. The molecule has 5 nitrogen and oxygen atoms in total. The molecule has 108 valence electrons. The molecular formula is C14H26N4O. The molecule has 1 atom stereocenters. The van der Waals surface area contributed by atoms with Gasteiger partial charge in [-0.3, -0.25) is 4.68 Å². The van der Waals surface area contributed by atoms with E-state index >= 15 is 0 Å². The van der Waals surface area contributed by atoms with Crippen molar-refractivity contribution >= 4 is 5.82 Å². The molecule has 2 rings (SSSR count). The maximum absolute atomic E-state index is 5.98. The zero-order valence-corrected chi connectivity index (χ0v) is 12.9. The Labute approximate surface area is 115 Å². The summed E-state index contributed by atoms with van der Waals surface area (Å²) in [6.07, 6.45) is 0.237. The first-order chi connectivity index (χ1) is 8.84. The number of rotatable bonds is 3. The lowest BCUT2D eigenvalue weighted by molar-refractivity contribution is -0.0753. The van der Waals surface area contributed by atoms with Crippen molar-refractivity contribution in [1.82, 2.24) is 15.1 Å². The largest absolute Gasteiger partial charge is 0.369 e. The maximum Gasteiger partial charge on any atom is 0.131 e. The average molecular weight is 266 g/mol. The molecule has 1 aliphatic heterocycles. The van der Waals surface area contributed by atoms with E-state index in [0.29, 0.717) is 0 Å². The van der Waals surface area contributed by atoms with Crippen LogP contribution in [0.1, 0.15) is 32.0 Å². The van der Waals surface area contributed by atoms with E-state index in [1.807, 2.05) is 18.8 Å². The highest BCUT2D eigenvalue weighted by Crippen LogP contribution is 2.29. The first kappa shape index (κ1) is 14.3. The molecule has 19 heavy (non-hydrogen) atoms. The van der Waals surface area contributed by atoms with E-state index in [-0.39, 0.29) is 11.7 Å². The number of ether oxygens (including phenoxy) is 1. The second-order valence-corrected chi connectivity index (χ2v) is 6.11. The number of aromatic nitrogens is 2. The molecule has 0 bridgehead atoms. The fraction of sp³-hybridized carbons (Fsp3) is 0.786. The third kappa shape index (κ3) is 2.92. The molecule has 1 aromatic rings. The fourth-order valence-electron chi connectivity index (χ4n) is 3.08. The number of hydrogen-bond donors (Lipinski definition) is 1. The number of aryl methyl sites for hydroxylation is 2. The molecule has 2 heterocycles. The molecular weight excluding hydrogens is 240 g/mol. The molecule has 1 fully saturated rings. The molecule has 0 radical (unpaired) electrons. The average Bonchev–Trinajstić information content (AvgIpc) is 2.51. The highest BCUT2D eigenvalue weighted by atomic mass is 16.5. The fourth-order valence-corrected chi connectivity index (χ4v) is 3.08. The van der Waals surface area contributed by atoms with Crippen LogP contribution in [0.15, 0.2) is 0 Å². The van der Waals surface area contributed by atoms with Crippen LogP contribution in [0.25, 0.3) is 0 Å². The van der Waals surface area contributed by atoms with Gasteiger partial charge in [0.15, 0.2) is 0 Å². The smallest absolute Gasteiger partial charge is 0.131 e. The Balaban J connectivity index is 2.35. The van der Waals surface area contributed by atoms with E-state index in [1.54, 1.807) is 0 Å². The van der Waals surface area contributed by atoms with Gasteiger partial charge in [0.25, 0.3) is 0 Å². The van der Waals surface area contributed by atoms with Crippen LogP contribution in [0.3, 0.4) is 0 Å². The number of nitrogens with one attached hydrogen (secondary N) is 1. The van der Waals surface area contributed by atoms with Gasteiger partial charge in [-0.05, 0) is 34.7 Å². The second-order valence-electron chi connectivity index (χ2n) is 6.11. The Morgan fingerprint density at radius 3 is 2.74 bits per heavy atom. The molecule has 0 amide bonds. The molecule has 0 spiro atoms. The lowest BCUT2D eigenvalue weighted by Crippen LogP contribution is -2.52. The van der Waals surface area contributed by atoms with E-state index in [1.165, 1.54) is 11.4 Å². The van der Waals surface area contributed by atoms with Crippen molar-refractivity contribution < 1.29 is 4.74 Å². The third-order valence-electron chi connectivity index (χ3n) is 3.54. The lowest BCUT2D eigenvalue weighted by Gasteiger charge is -2.43. The van der Waals surface area contributed by atoms with Crippen LogP contribution in [-0.2, 0) is 18.3 Å². The molecule has 1 saturated heterocycles. The molecule has 5 heteroatoms. The van der Waals surface area contributed by atoms with Crippen molar-refractivity contribution in [3.63, 3.8) is 0 Å². The van der Waals surface area contributed by atoms with E-state index in [9.17, 15) is 0 Å². The molecule has 1 aliphatic rings. The quantitative estimate of drug-likeness (QED) is 0.899.